The smallest absolute Gasteiger partial charge is 0.161 e. The predicted octanol–water partition coefficient (Wildman–Crippen LogP) is 4.67. The van der Waals surface area contributed by atoms with Crippen molar-refractivity contribution in [2.45, 2.75) is 45.6 Å². The second-order valence-electron chi connectivity index (χ2n) is 6.59. The van der Waals surface area contributed by atoms with Crippen LogP contribution in [0.25, 0.3) is 11.2 Å². The van der Waals surface area contributed by atoms with Crippen molar-refractivity contribution in [3.63, 3.8) is 0 Å². The molecule has 0 saturated heterocycles. The van der Waals surface area contributed by atoms with E-state index in [1.165, 1.54) is 11.1 Å². The number of halogens is 1. The molecule has 1 aliphatic carbocycles. The molecule has 126 valence electrons. The summed E-state index contributed by atoms with van der Waals surface area (Å²) in [5.74, 6) is 1.07. The van der Waals surface area contributed by atoms with Gasteiger partial charge >= 0.3 is 0 Å². The Balaban J connectivity index is 1.94. The fraction of sp³-hybridized carbons (Fsp3) is 0.350. The number of imidazole rings is 1. The summed E-state index contributed by atoms with van der Waals surface area (Å²) in [6, 6.07) is 11.0. The first-order valence-corrected chi connectivity index (χ1v) is 9.44. The maximum atomic E-state index is 9.05. The van der Waals surface area contributed by atoms with Crippen LogP contribution in [0.4, 0.5) is 0 Å². The minimum atomic E-state index is 0.271. The third-order valence-electron chi connectivity index (χ3n) is 5.00. The summed E-state index contributed by atoms with van der Waals surface area (Å²) >= 11 is 3.58. The van der Waals surface area contributed by atoms with Gasteiger partial charge < -0.3 is 4.57 Å². The summed E-state index contributed by atoms with van der Waals surface area (Å²) in [6.07, 6.45) is 3.33. The molecular weight excluding hydrogens is 376 g/mol. The molecule has 2 aromatic heterocycles. The van der Waals surface area contributed by atoms with Crippen LogP contribution in [0.3, 0.4) is 0 Å². The Labute approximate surface area is 155 Å². The number of pyridine rings is 1. The maximum Gasteiger partial charge on any atom is 0.161 e. The normalized spacial score (nSPS) is 16.2. The van der Waals surface area contributed by atoms with Crippen molar-refractivity contribution in [3.05, 3.63) is 56.9 Å². The summed E-state index contributed by atoms with van der Waals surface area (Å²) in [6.45, 7) is 4.20. The van der Waals surface area contributed by atoms with Crippen LogP contribution in [0.1, 0.15) is 47.6 Å². The van der Waals surface area contributed by atoms with E-state index in [4.69, 9.17) is 15.2 Å². The number of hydrogen-bond donors (Lipinski definition) is 0. The first-order valence-electron chi connectivity index (χ1n) is 8.65. The van der Waals surface area contributed by atoms with Gasteiger partial charge in [0.2, 0.25) is 0 Å². The molecule has 4 nitrogen and oxygen atoms in total. The molecule has 0 N–H and O–H groups in total. The first kappa shape index (κ1) is 16.3. The molecule has 1 aromatic carbocycles. The number of hydrogen-bond acceptors (Lipinski definition) is 3. The van der Waals surface area contributed by atoms with Crippen molar-refractivity contribution < 1.29 is 0 Å². The molecule has 0 bridgehead atoms. The number of rotatable bonds is 3. The Morgan fingerprint density at radius 1 is 1.32 bits per heavy atom. The second kappa shape index (κ2) is 6.27. The molecule has 2 heterocycles. The molecule has 0 amide bonds. The molecule has 3 aromatic rings. The van der Waals surface area contributed by atoms with Gasteiger partial charge in [-0.15, -0.1) is 0 Å². The van der Waals surface area contributed by atoms with E-state index in [0.717, 1.165) is 52.0 Å². The van der Waals surface area contributed by atoms with E-state index in [0.29, 0.717) is 6.42 Å². The van der Waals surface area contributed by atoms with Crippen LogP contribution < -0.4 is 0 Å². The average Bonchev–Trinajstić information content (AvgIpc) is 3.15. The number of benzene rings is 1. The lowest BCUT2D eigenvalue weighted by Crippen LogP contribution is -2.12. The first-order chi connectivity index (χ1) is 12.1. The van der Waals surface area contributed by atoms with Gasteiger partial charge in [-0.25, -0.2) is 9.97 Å². The number of aromatic nitrogens is 3. The fourth-order valence-electron chi connectivity index (χ4n) is 3.91. The number of aryl methyl sites for hydroxylation is 3. The van der Waals surface area contributed by atoms with E-state index in [9.17, 15) is 0 Å². The third-order valence-corrected chi connectivity index (χ3v) is 5.50. The van der Waals surface area contributed by atoms with Gasteiger partial charge in [0.1, 0.15) is 11.3 Å². The lowest BCUT2D eigenvalue weighted by atomic mass is 10.1. The van der Waals surface area contributed by atoms with Gasteiger partial charge in [0.05, 0.1) is 24.2 Å². The third kappa shape index (κ3) is 2.65. The highest BCUT2D eigenvalue weighted by molar-refractivity contribution is 9.10. The molecule has 0 radical (unpaired) electrons. The molecule has 0 spiro atoms. The van der Waals surface area contributed by atoms with Crippen LogP contribution in [-0.2, 0) is 19.3 Å². The zero-order valence-electron chi connectivity index (χ0n) is 14.4. The second-order valence-corrected chi connectivity index (χ2v) is 7.50. The van der Waals surface area contributed by atoms with Crippen molar-refractivity contribution >= 4 is 27.1 Å². The van der Waals surface area contributed by atoms with E-state index in [2.05, 4.69) is 58.6 Å². The maximum absolute atomic E-state index is 9.05. The Kier molecular flexibility index (Phi) is 4.09. The Bertz CT molecular complexity index is 1010. The van der Waals surface area contributed by atoms with Crippen molar-refractivity contribution in [2.75, 3.05) is 0 Å². The van der Waals surface area contributed by atoms with Gasteiger partial charge in [-0.2, -0.15) is 5.26 Å². The molecule has 1 unspecified atom stereocenters. The van der Waals surface area contributed by atoms with Gasteiger partial charge in [0, 0.05) is 10.9 Å². The van der Waals surface area contributed by atoms with Crippen molar-refractivity contribution in [1.82, 2.24) is 14.5 Å². The van der Waals surface area contributed by atoms with Crippen molar-refractivity contribution in [1.29, 1.82) is 5.26 Å². The standard InChI is InChI=1S/C20H19BrN4/c1-3-18-24-19-12(2)10-15(8-9-22)23-20(19)25(18)17-7-4-13-11-14(21)5-6-16(13)17/h5-6,10-11,17H,3-4,7-8H2,1-2H3. The summed E-state index contributed by atoms with van der Waals surface area (Å²) in [7, 11) is 0. The minimum Gasteiger partial charge on any atom is -0.305 e. The molecule has 0 saturated carbocycles. The van der Waals surface area contributed by atoms with Gasteiger partial charge in [-0.3, -0.25) is 0 Å². The van der Waals surface area contributed by atoms with Crippen LogP contribution in [0.5, 0.6) is 0 Å². The number of nitriles is 1. The Hall–Kier alpha value is -2.19. The highest BCUT2D eigenvalue weighted by atomic mass is 79.9. The summed E-state index contributed by atoms with van der Waals surface area (Å²) < 4.78 is 3.44. The monoisotopic (exact) mass is 394 g/mol. The van der Waals surface area contributed by atoms with Crippen LogP contribution in [-0.4, -0.2) is 14.5 Å². The van der Waals surface area contributed by atoms with Crippen molar-refractivity contribution in [3.8, 4) is 6.07 Å². The molecule has 25 heavy (non-hydrogen) atoms. The Morgan fingerprint density at radius 2 is 2.16 bits per heavy atom. The quantitative estimate of drug-likeness (QED) is 0.648. The predicted molar refractivity (Wildman–Crippen MR) is 102 cm³/mol. The molecule has 4 rings (SSSR count). The van der Waals surface area contributed by atoms with E-state index in [-0.39, 0.29) is 6.04 Å². The molecule has 5 heteroatoms. The van der Waals surface area contributed by atoms with Crippen LogP contribution in [0.15, 0.2) is 28.7 Å². The highest BCUT2D eigenvalue weighted by Crippen LogP contribution is 2.38. The number of nitrogens with zero attached hydrogens (tertiary/aromatic N) is 4. The molecule has 0 aliphatic heterocycles. The minimum absolute atomic E-state index is 0.271. The van der Waals surface area contributed by atoms with Crippen molar-refractivity contribution in [2.24, 2.45) is 0 Å². The molecule has 0 fully saturated rings. The summed E-state index contributed by atoms with van der Waals surface area (Å²) in [5, 5.41) is 9.05. The van der Waals surface area contributed by atoms with Crippen LogP contribution in [0, 0.1) is 18.3 Å². The van der Waals surface area contributed by atoms with E-state index >= 15 is 0 Å². The lowest BCUT2D eigenvalue weighted by molar-refractivity contribution is 0.566. The SMILES string of the molecule is CCc1nc2c(C)cc(CC#N)nc2n1C1CCc2cc(Br)ccc21. The van der Waals surface area contributed by atoms with E-state index in [1.807, 2.05) is 6.07 Å². The zero-order valence-corrected chi connectivity index (χ0v) is 16.0. The topological polar surface area (TPSA) is 54.5 Å². The Morgan fingerprint density at radius 3 is 2.92 bits per heavy atom. The molecule has 1 atom stereocenters. The highest BCUT2D eigenvalue weighted by Gasteiger charge is 2.28. The van der Waals surface area contributed by atoms with Gasteiger partial charge in [-0.05, 0) is 54.7 Å². The summed E-state index contributed by atoms with van der Waals surface area (Å²) in [5.41, 5.74) is 6.56. The number of fused-ring (bicyclic) bond motifs is 2. The van der Waals surface area contributed by atoms with Crippen LogP contribution in [0.2, 0.25) is 0 Å². The molecule has 1 aliphatic rings. The molecular formula is C20H19BrN4. The van der Waals surface area contributed by atoms with Gasteiger partial charge in [0.25, 0.3) is 0 Å². The largest absolute Gasteiger partial charge is 0.305 e. The average molecular weight is 395 g/mol. The summed E-state index contributed by atoms with van der Waals surface area (Å²) in [4.78, 5) is 9.67. The van der Waals surface area contributed by atoms with E-state index < -0.39 is 0 Å². The van der Waals surface area contributed by atoms with Crippen LogP contribution >= 0.6 is 15.9 Å². The fourth-order valence-corrected chi connectivity index (χ4v) is 4.32. The lowest BCUT2D eigenvalue weighted by Gasteiger charge is -2.17. The zero-order chi connectivity index (χ0) is 17.6. The van der Waals surface area contributed by atoms with Gasteiger partial charge in [0.15, 0.2) is 5.65 Å². The van der Waals surface area contributed by atoms with E-state index in [1.54, 1.807) is 0 Å². The van der Waals surface area contributed by atoms with Gasteiger partial charge in [-0.1, -0.05) is 28.9 Å².